The number of hydrazone groups is 1. The van der Waals surface area contributed by atoms with E-state index >= 15 is 0 Å². The van der Waals surface area contributed by atoms with Crippen LogP contribution in [0.3, 0.4) is 0 Å². The van der Waals surface area contributed by atoms with Crippen molar-refractivity contribution in [2.75, 3.05) is 24.6 Å². The average Bonchev–Trinajstić information content (AvgIpc) is 3.21. The van der Waals surface area contributed by atoms with Gasteiger partial charge in [-0.05, 0) is 37.3 Å². The van der Waals surface area contributed by atoms with E-state index in [1.807, 2.05) is 0 Å². The topological polar surface area (TPSA) is 111 Å². The van der Waals surface area contributed by atoms with Gasteiger partial charge in [-0.25, -0.2) is 5.01 Å². The standard InChI is InChI=1S/C23H25ClF3N5O3/c1-2-31(21(34)15-7-4-3-5-8-15)14-22(35,23(25,26)27)13-29-20(33)18-12-30-32(19(18)28)17-10-6-9-16(24)11-17/h3-12,18-19,35H,2,13-14,28H2,1H3,(H,29,33). The molecule has 188 valence electrons. The summed E-state index contributed by atoms with van der Waals surface area (Å²) in [5.74, 6) is -2.62. The smallest absolute Gasteiger partial charge is 0.378 e. The number of hydrogen-bond donors (Lipinski definition) is 3. The minimum atomic E-state index is -5.14. The predicted molar refractivity (Wildman–Crippen MR) is 126 cm³/mol. The van der Waals surface area contributed by atoms with Gasteiger partial charge in [0, 0.05) is 23.3 Å². The lowest BCUT2D eigenvalue weighted by atomic mass is 10.0. The lowest BCUT2D eigenvalue weighted by Gasteiger charge is -2.35. The highest BCUT2D eigenvalue weighted by atomic mass is 35.5. The zero-order valence-electron chi connectivity index (χ0n) is 18.7. The number of amides is 2. The van der Waals surface area contributed by atoms with Crippen LogP contribution in [0.4, 0.5) is 18.9 Å². The highest BCUT2D eigenvalue weighted by Gasteiger charge is 2.55. The van der Waals surface area contributed by atoms with E-state index in [0.717, 1.165) is 4.90 Å². The molecule has 0 aromatic heterocycles. The maximum absolute atomic E-state index is 13.9. The number of likely N-dealkylation sites (N-methyl/N-ethyl adjacent to an activating group) is 1. The van der Waals surface area contributed by atoms with E-state index < -0.39 is 48.8 Å². The lowest BCUT2D eigenvalue weighted by molar-refractivity contribution is -0.260. The summed E-state index contributed by atoms with van der Waals surface area (Å²) in [5, 5.41) is 18.5. The number of nitrogens with zero attached hydrogens (tertiary/aromatic N) is 3. The monoisotopic (exact) mass is 511 g/mol. The van der Waals surface area contributed by atoms with Gasteiger partial charge >= 0.3 is 6.18 Å². The Morgan fingerprint density at radius 1 is 1.20 bits per heavy atom. The summed E-state index contributed by atoms with van der Waals surface area (Å²) in [6, 6.07) is 14.3. The van der Waals surface area contributed by atoms with Gasteiger partial charge in [-0.15, -0.1) is 0 Å². The minimum Gasteiger partial charge on any atom is -0.378 e. The van der Waals surface area contributed by atoms with E-state index in [1.54, 1.807) is 42.5 Å². The van der Waals surface area contributed by atoms with Crippen molar-refractivity contribution in [2.24, 2.45) is 16.8 Å². The van der Waals surface area contributed by atoms with Crippen molar-refractivity contribution in [3.8, 4) is 0 Å². The summed E-state index contributed by atoms with van der Waals surface area (Å²) in [4.78, 5) is 26.2. The molecular weight excluding hydrogens is 487 g/mol. The first kappa shape index (κ1) is 26.5. The van der Waals surface area contributed by atoms with E-state index in [-0.39, 0.29) is 12.1 Å². The molecule has 1 aliphatic heterocycles. The average molecular weight is 512 g/mol. The summed E-state index contributed by atoms with van der Waals surface area (Å²) in [5.41, 5.74) is 3.38. The van der Waals surface area contributed by atoms with Gasteiger partial charge in [0.2, 0.25) is 5.91 Å². The van der Waals surface area contributed by atoms with Crippen molar-refractivity contribution in [1.82, 2.24) is 10.2 Å². The van der Waals surface area contributed by atoms with Gasteiger partial charge < -0.3 is 21.1 Å². The third kappa shape index (κ3) is 5.92. The van der Waals surface area contributed by atoms with Crippen LogP contribution in [0.2, 0.25) is 5.02 Å². The van der Waals surface area contributed by atoms with Crippen molar-refractivity contribution < 1.29 is 27.9 Å². The Labute approximate surface area is 205 Å². The lowest BCUT2D eigenvalue weighted by Crippen LogP contribution is -2.61. The van der Waals surface area contributed by atoms with Crippen LogP contribution in [-0.4, -0.2) is 65.6 Å². The number of nitrogens with two attached hydrogens (primary N) is 1. The summed E-state index contributed by atoms with van der Waals surface area (Å²) in [6.07, 6.45) is -4.92. The first-order valence-corrected chi connectivity index (χ1v) is 11.1. The number of rotatable bonds is 8. The molecule has 12 heteroatoms. The summed E-state index contributed by atoms with van der Waals surface area (Å²) < 4.78 is 41.6. The van der Waals surface area contributed by atoms with Crippen LogP contribution < -0.4 is 16.1 Å². The van der Waals surface area contributed by atoms with Gasteiger partial charge in [0.15, 0.2) is 5.60 Å². The van der Waals surface area contributed by atoms with Gasteiger partial charge in [0.25, 0.3) is 5.91 Å². The molecular formula is C23H25ClF3N5O3. The quantitative estimate of drug-likeness (QED) is 0.504. The van der Waals surface area contributed by atoms with Crippen molar-refractivity contribution >= 4 is 35.3 Å². The second kappa shape index (κ2) is 10.6. The van der Waals surface area contributed by atoms with Crippen LogP contribution >= 0.6 is 11.6 Å². The Kier molecular flexibility index (Phi) is 8.04. The normalized spacial score (nSPS) is 19.3. The predicted octanol–water partition coefficient (Wildman–Crippen LogP) is 2.62. The van der Waals surface area contributed by atoms with E-state index in [1.165, 1.54) is 30.3 Å². The largest absolute Gasteiger partial charge is 0.420 e. The van der Waals surface area contributed by atoms with Crippen LogP contribution in [0.5, 0.6) is 0 Å². The Hall–Kier alpha value is -3.15. The molecule has 4 N–H and O–H groups in total. The van der Waals surface area contributed by atoms with Gasteiger partial charge in [0.1, 0.15) is 12.1 Å². The number of halogens is 4. The van der Waals surface area contributed by atoms with Crippen molar-refractivity contribution in [3.63, 3.8) is 0 Å². The molecule has 2 aromatic carbocycles. The highest BCUT2D eigenvalue weighted by molar-refractivity contribution is 6.30. The summed E-state index contributed by atoms with van der Waals surface area (Å²) in [6.45, 7) is -0.841. The third-order valence-corrected chi connectivity index (χ3v) is 5.84. The van der Waals surface area contributed by atoms with E-state index in [2.05, 4.69) is 10.4 Å². The Morgan fingerprint density at radius 3 is 2.49 bits per heavy atom. The molecule has 35 heavy (non-hydrogen) atoms. The molecule has 0 fully saturated rings. The molecule has 0 radical (unpaired) electrons. The van der Waals surface area contributed by atoms with Gasteiger partial charge in [-0.2, -0.15) is 18.3 Å². The number of anilines is 1. The van der Waals surface area contributed by atoms with Gasteiger partial charge in [-0.3, -0.25) is 9.59 Å². The fraction of sp³-hybridized carbons (Fsp3) is 0.348. The van der Waals surface area contributed by atoms with Crippen LogP contribution in [0.15, 0.2) is 59.7 Å². The number of aliphatic hydroxyl groups is 1. The van der Waals surface area contributed by atoms with Crippen molar-refractivity contribution in [2.45, 2.75) is 24.9 Å². The number of hydrogen-bond acceptors (Lipinski definition) is 6. The zero-order valence-corrected chi connectivity index (χ0v) is 19.5. The van der Waals surface area contributed by atoms with E-state index in [4.69, 9.17) is 17.3 Å². The second-order valence-corrected chi connectivity index (χ2v) is 8.47. The molecule has 0 saturated carbocycles. The van der Waals surface area contributed by atoms with Crippen LogP contribution in [0.25, 0.3) is 0 Å². The number of carbonyl (C=O) groups excluding carboxylic acids is 2. The van der Waals surface area contributed by atoms with E-state index in [0.29, 0.717) is 10.7 Å². The number of nitrogens with one attached hydrogen (secondary N) is 1. The van der Waals surface area contributed by atoms with Crippen molar-refractivity contribution in [1.29, 1.82) is 0 Å². The third-order valence-electron chi connectivity index (χ3n) is 5.60. The SMILES string of the molecule is CCN(CC(O)(CNC(=O)C1C=NN(c2cccc(Cl)c2)C1N)C(F)(F)F)C(=O)c1ccccc1. The zero-order chi connectivity index (χ0) is 25.8. The van der Waals surface area contributed by atoms with Crippen LogP contribution in [0, 0.1) is 5.92 Å². The van der Waals surface area contributed by atoms with Crippen molar-refractivity contribution in [3.05, 3.63) is 65.2 Å². The van der Waals surface area contributed by atoms with Crippen LogP contribution in [-0.2, 0) is 4.79 Å². The molecule has 0 spiro atoms. The number of carbonyl (C=O) groups is 2. The number of benzene rings is 2. The number of alkyl halides is 3. The van der Waals surface area contributed by atoms with Gasteiger partial charge in [-0.1, -0.05) is 35.9 Å². The highest BCUT2D eigenvalue weighted by Crippen LogP contribution is 2.32. The molecule has 3 unspecified atom stereocenters. The molecule has 0 bridgehead atoms. The fourth-order valence-electron chi connectivity index (χ4n) is 3.54. The molecule has 0 aliphatic carbocycles. The molecule has 3 atom stereocenters. The van der Waals surface area contributed by atoms with Crippen LogP contribution in [0.1, 0.15) is 17.3 Å². The maximum atomic E-state index is 13.9. The second-order valence-electron chi connectivity index (χ2n) is 8.04. The molecule has 8 nitrogen and oxygen atoms in total. The molecule has 0 saturated heterocycles. The Bertz CT molecular complexity index is 1090. The van der Waals surface area contributed by atoms with E-state index in [9.17, 15) is 27.9 Å². The minimum absolute atomic E-state index is 0.0885. The molecule has 2 amide bonds. The first-order chi connectivity index (χ1) is 16.5. The molecule has 1 heterocycles. The maximum Gasteiger partial charge on any atom is 0.420 e. The molecule has 1 aliphatic rings. The Balaban J connectivity index is 1.70. The molecule has 2 aromatic rings. The molecule has 3 rings (SSSR count). The van der Waals surface area contributed by atoms with Gasteiger partial charge in [0.05, 0.1) is 18.8 Å². The Morgan fingerprint density at radius 2 is 1.89 bits per heavy atom. The summed E-state index contributed by atoms with van der Waals surface area (Å²) >= 11 is 5.97. The first-order valence-electron chi connectivity index (χ1n) is 10.7. The summed E-state index contributed by atoms with van der Waals surface area (Å²) in [7, 11) is 0. The fourth-order valence-corrected chi connectivity index (χ4v) is 3.73.